The van der Waals surface area contributed by atoms with E-state index in [0.29, 0.717) is 0 Å². The van der Waals surface area contributed by atoms with Crippen molar-refractivity contribution in [3.05, 3.63) is 21.9 Å². The van der Waals surface area contributed by atoms with E-state index < -0.39 is 0 Å². The average molecular weight is 464 g/mol. The van der Waals surface area contributed by atoms with Gasteiger partial charge in [-0.3, -0.25) is 4.99 Å². The van der Waals surface area contributed by atoms with E-state index in [0.717, 1.165) is 31.5 Å². The van der Waals surface area contributed by atoms with Crippen LogP contribution in [0.15, 0.2) is 16.4 Å². The second-order valence-electron chi connectivity index (χ2n) is 6.51. The van der Waals surface area contributed by atoms with Gasteiger partial charge in [-0.1, -0.05) is 19.3 Å². The molecule has 1 fully saturated rings. The van der Waals surface area contributed by atoms with Crippen LogP contribution in [0, 0.1) is 6.92 Å². The maximum atomic E-state index is 4.31. The maximum Gasteiger partial charge on any atom is 0.191 e. The molecule has 1 aromatic rings. The zero-order chi connectivity index (χ0) is 16.5. The number of halogens is 1. The standard InChI is InChI=1S/C18H32N4S.HI/c1-15-10-13-23-17(15)14-21-18(19-2)20-11-7-12-22(3)16-8-5-4-6-9-16;/h10,13,16H,4-9,11-12,14H2,1-3H3,(H2,19,20,21);1H. The molecule has 0 aliphatic heterocycles. The topological polar surface area (TPSA) is 39.7 Å². The van der Waals surface area contributed by atoms with Crippen LogP contribution in [0.4, 0.5) is 0 Å². The Morgan fingerprint density at radius 2 is 2.04 bits per heavy atom. The second kappa shape index (κ2) is 12.1. The highest BCUT2D eigenvalue weighted by atomic mass is 127. The van der Waals surface area contributed by atoms with Gasteiger partial charge in [-0.15, -0.1) is 35.3 Å². The Morgan fingerprint density at radius 1 is 1.29 bits per heavy atom. The molecule has 1 heterocycles. The number of hydrogen-bond donors (Lipinski definition) is 2. The third kappa shape index (κ3) is 7.27. The molecular formula is C18H33IN4S. The largest absolute Gasteiger partial charge is 0.356 e. The summed E-state index contributed by atoms with van der Waals surface area (Å²) in [6.07, 6.45) is 8.17. The lowest BCUT2D eigenvalue weighted by molar-refractivity contribution is 0.190. The van der Waals surface area contributed by atoms with E-state index in [4.69, 9.17) is 0 Å². The van der Waals surface area contributed by atoms with Crippen LogP contribution in [0.1, 0.15) is 49.0 Å². The van der Waals surface area contributed by atoms with Crippen molar-refractivity contribution in [2.75, 3.05) is 27.2 Å². The zero-order valence-corrected chi connectivity index (χ0v) is 18.5. The van der Waals surface area contributed by atoms with Gasteiger partial charge in [0.15, 0.2) is 5.96 Å². The number of nitrogens with zero attached hydrogens (tertiary/aromatic N) is 2. The highest BCUT2D eigenvalue weighted by Crippen LogP contribution is 2.21. The van der Waals surface area contributed by atoms with E-state index in [2.05, 4.69) is 45.9 Å². The molecule has 1 aromatic heterocycles. The number of hydrogen-bond acceptors (Lipinski definition) is 3. The molecule has 0 aromatic carbocycles. The van der Waals surface area contributed by atoms with Gasteiger partial charge in [-0.25, -0.2) is 0 Å². The fourth-order valence-corrected chi connectivity index (χ4v) is 4.06. The van der Waals surface area contributed by atoms with Crippen LogP contribution in [-0.2, 0) is 6.54 Å². The van der Waals surface area contributed by atoms with Gasteiger partial charge < -0.3 is 15.5 Å². The van der Waals surface area contributed by atoms with Crippen LogP contribution in [0.2, 0.25) is 0 Å². The Balaban J connectivity index is 0.00000288. The molecule has 1 aliphatic rings. The van der Waals surface area contributed by atoms with E-state index in [9.17, 15) is 0 Å². The molecule has 0 radical (unpaired) electrons. The van der Waals surface area contributed by atoms with Gasteiger partial charge in [0.1, 0.15) is 0 Å². The van der Waals surface area contributed by atoms with Crippen LogP contribution < -0.4 is 10.6 Å². The lowest BCUT2D eigenvalue weighted by atomic mass is 9.94. The smallest absolute Gasteiger partial charge is 0.191 e. The lowest BCUT2D eigenvalue weighted by Gasteiger charge is -2.31. The normalized spacial score (nSPS) is 16.1. The molecule has 2 rings (SSSR count). The number of thiophene rings is 1. The molecule has 0 unspecified atom stereocenters. The Kier molecular flexibility index (Phi) is 10.9. The SMILES string of the molecule is CN=C(NCCCN(C)C1CCCCC1)NCc1sccc1C.I. The maximum absolute atomic E-state index is 4.31. The van der Waals surface area contributed by atoms with Gasteiger partial charge >= 0.3 is 0 Å². The van der Waals surface area contributed by atoms with Crippen LogP contribution in [0.25, 0.3) is 0 Å². The van der Waals surface area contributed by atoms with Crippen LogP contribution in [-0.4, -0.2) is 44.1 Å². The summed E-state index contributed by atoms with van der Waals surface area (Å²) in [5.74, 6) is 0.901. The molecule has 0 saturated heterocycles. The van der Waals surface area contributed by atoms with E-state index in [1.165, 1.54) is 49.1 Å². The molecule has 6 heteroatoms. The predicted molar refractivity (Wildman–Crippen MR) is 117 cm³/mol. The molecule has 0 bridgehead atoms. The number of aryl methyl sites for hydroxylation is 1. The van der Waals surface area contributed by atoms with Gasteiger partial charge in [0.25, 0.3) is 0 Å². The Morgan fingerprint density at radius 3 is 2.67 bits per heavy atom. The van der Waals surface area contributed by atoms with E-state index in [1.54, 1.807) is 11.3 Å². The van der Waals surface area contributed by atoms with Gasteiger partial charge in [0.2, 0.25) is 0 Å². The van der Waals surface area contributed by atoms with Crippen LogP contribution in [0.5, 0.6) is 0 Å². The number of guanidine groups is 1. The molecule has 2 N–H and O–H groups in total. The number of rotatable bonds is 7. The van der Waals surface area contributed by atoms with Crippen molar-refractivity contribution < 1.29 is 0 Å². The molecule has 0 atom stereocenters. The number of aliphatic imine (C=N–C) groups is 1. The van der Waals surface area contributed by atoms with Crippen molar-refractivity contribution in [2.45, 2.75) is 58.0 Å². The van der Waals surface area contributed by atoms with Gasteiger partial charge in [0.05, 0.1) is 6.54 Å². The van der Waals surface area contributed by atoms with Crippen molar-refractivity contribution in [3.8, 4) is 0 Å². The van der Waals surface area contributed by atoms with Gasteiger partial charge in [-0.2, -0.15) is 0 Å². The summed E-state index contributed by atoms with van der Waals surface area (Å²) < 4.78 is 0. The first kappa shape index (κ1) is 21.7. The average Bonchev–Trinajstić information content (AvgIpc) is 3.00. The summed E-state index contributed by atoms with van der Waals surface area (Å²) >= 11 is 1.80. The van der Waals surface area contributed by atoms with Crippen LogP contribution in [0.3, 0.4) is 0 Å². The highest BCUT2D eigenvalue weighted by molar-refractivity contribution is 14.0. The third-order valence-corrected chi connectivity index (χ3v) is 5.81. The fourth-order valence-electron chi connectivity index (χ4n) is 3.21. The minimum Gasteiger partial charge on any atom is -0.356 e. The highest BCUT2D eigenvalue weighted by Gasteiger charge is 2.17. The van der Waals surface area contributed by atoms with E-state index >= 15 is 0 Å². The summed E-state index contributed by atoms with van der Waals surface area (Å²) in [4.78, 5) is 8.24. The lowest BCUT2D eigenvalue weighted by Crippen LogP contribution is -2.39. The predicted octanol–water partition coefficient (Wildman–Crippen LogP) is 3.99. The quantitative estimate of drug-likeness (QED) is 0.278. The van der Waals surface area contributed by atoms with Crippen LogP contribution >= 0.6 is 35.3 Å². The minimum absolute atomic E-state index is 0. The molecule has 1 aliphatic carbocycles. The summed E-state index contributed by atoms with van der Waals surface area (Å²) in [6, 6.07) is 2.97. The second-order valence-corrected chi connectivity index (χ2v) is 7.51. The van der Waals surface area contributed by atoms with Crippen molar-refractivity contribution in [3.63, 3.8) is 0 Å². The molecule has 24 heavy (non-hydrogen) atoms. The molecular weight excluding hydrogens is 431 g/mol. The van der Waals surface area contributed by atoms with E-state index in [1.807, 2.05) is 7.05 Å². The summed E-state index contributed by atoms with van der Waals surface area (Å²) in [5.41, 5.74) is 1.35. The number of nitrogens with one attached hydrogen (secondary N) is 2. The van der Waals surface area contributed by atoms with Crippen molar-refractivity contribution >= 4 is 41.3 Å². The first-order chi connectivity index (χ1) is 11.2. The van der Waals surface area contributed by atoms with E-state index in [-0.39, 0.29) is 24.0 Å². The molecule has 0 amide bonds. The molecule has 138 valence electrons. The zero-order valence-electron chi connectivity index (χ0n) is 15.3. The van der Waals surface area contributed by atoms with Gasteiger partial charge in [-0.05, 0) is 56.8 Å². The van der Waals surface area contributed by atoms with Crippen molar-refractivity contribution in [1.29, 1.82) is 0 Å². The fraction of sp³-hybridized carbons (Fsp3) is 0.722. The molecule has 4 nitrogen and oxygen atoms in total. The Hall–Kier alpha value is -0.340. The minimum atomic E-state index is 0. The summed E-state index contributed by atoms with van der Waals surface area (Å²) in [7, 11) is 4.12. The first-order valence-corrected chi connectivity index (χ1v) is 9.76. The van der Waals surface area contributed by atoms with Gasteiger partial charge in [0, 0.05) is 24.5 Å². The monoisotopic (exact) mass is 464 g/mol. The Bertz CT molecular complexity index is 483. The molecule has 1 saturated carbocycles. The van der Waals surface area contributed by atoms with Crippen molar-refractivity contribution in [2.24, 2.45) is 4.99 Å². The summed E-state index contributed by atoms with van der Waals surface area (Å²) in [5, 5.41) is 8.97. The van der Waals surface area contributed by atoms with Crippen molar-refractivity contribution in [1.82, 2.24) is 15.5 Å². The molecule has 0 spiro atoms. The third-order valence-electron chi connectivity index (χ3n) is 4.79. The first-order valence-electron chi connectivity index (χ1n) is 8.88. The Labute approximate surface area is 168 Å². The summed E-state index contributed by atoms with van der Waals surface area (Å²) in [6.45, 7) is 5.15.